The number of aromatic nitrogens is 1. The molecule has 1 aliphatic carbocycles. The van der Waals surface area contributed by atoms with Gasteiger partial charge < -0.3 is 14.6 Å². The molecule has 0 radical (unpaired) electrons. The molecule has 4 rings (SSSR count). The average Bonchev–Trinajstić information content (AvgIpc) is 2.92. The molecule has 2 aromatic rings. The summed E-state index contributed by atoms with van der Waals surface area (Å²) in [7, 11) is 0. The Morgan fingerprint density at radius 2 is 1.92 bits per heavy atom. The standard InChI is InChI=1S/C20H19NO5/c22-18(23)14-8-10-20(11-9-14)15-6-7-16(21-17(15)19(24)26-20)25-12-13-4-2-1-3-5-13/h1-7,14H,8-12H2,(H,22,23). The zero-order chi connectivity index (χ0) is 18.1. The number of esters is 1. The maximum absolute atomic E-state index is 12.3. The third-order valence-electron chi connectivity index (χ3n) is 5.21. The Bertz CT molecular complexity index is 841. The first-order valence-corrected chi connectivity index (χ1v) is 8.72. The number of nitrogens with zero attached hydrogens (tertiary/aromatic N) is 1. The molecule has 6 nitrogen and oxygen atoms in total. The molecule has 26 heavy (non-hydrogen) atoms. The van der Waals surface area contributed by atoms with Crippen LogP contribution in [0.5, 0.6) is 5.88 Å². The number of ether oxygens (including phenoxy) is 2. The van der Waals surface area contributed by atoms with Crippen LogP contribution in [0.4, 0.5) is 0 Å². The molecule has 1 aromatic heterocycles. The van der Waals surface area contributed by atoms with Crippen molar-refractivity contribution in [3.8, 4) is 5.88 Å². The lowest BCUT2D eigenvalue weighted by molar-refractivity contribution is -0.144. The number of rotatable bonds is 4. The quantitative estimate of drug-likeness (QED) is 0.849. The summed E-state index contributed by atoms with van der Waals surface area (Å²) < 4.78 is 11.3. The maximum atomic E-state index is 12.3. The fourth-order valence-electron chi connectivity index (χ4n) is 3.76. The average molecular weight is 353 g/mol. The first-order chi connectivity index (χ1) is 12.6. The molecule has 6 heteroatoms. The van der Waals surface area contributed by atoms with Gasteiger partial charge in [0.15, 0.2) is 5.69 Å². The fourth-order valence-corrected chi connectivity index (χ4v) is 3.76. The summed E-state index contributed by atoms with van der Waals surface area (Å²) in [6, 6.07) is 13.3. The summed E-state index contributed by atoms with van der Waals surface area (Å²) in [5, 5.41) is 9.17. The van der Waals surface area contributed by atoms with Gasteiger partial charge >= 0.3 is 11.9 Å². The normalized spacial score (nSPS) is 24.2. The van der Waals surface area contributed by atoms with Gasteiger partial charge in [0.05, 0.1) is 5.92 Å². The minimum Gasteiger partial charge on any atom is -0.481 e. The number of pyridine rings is 1. The number of carbonyl (C=O) groups is 2. The van der Waals surface area contributed by atoms with Crippen molar-refractivity contribution in [2.24, 2.45) is 5.92 Å². The van der Waals surface area contributed by atoms with Gasteiger partial charge in [-0.1, -0.05) is 30.3 Å². The van der Waals surface area contributed by atoms with Crippen molar-refractivity contribution >= 4 is 11.9 Å². The number of hydrogen-bond donors (Lipinski definition) is 1. The monoisotopic (exact) mass is 353 g/mol. The molecule has 1 spiro atoms. The summed E-state index contributed by atoms with van der Waals surface area (Å²) in [5.74, 6) is -1.24. The van der Waals surface area contributed by atoms with E-state index in [0.29, 0.717) is 38.2 Å². The van der Waals surface area contributed by atoms with Crippen LogP contribution in [0, 0.1) is 5.92 Å². The van der Waals surface area contributed by atoms with Crippen LogP contribution in [0.2, 0.25) is 0 Å². The highest BCUT2D eigenvalue weighted by Gasteiger charge is 2.49. The van der Waals surface area contributed by atoms with E-state index in [4.69, 9.17) is 14.6 Å². The number of carbonyl (C=O) groups excluding carboxylic acids is 1. The van der Waals surface area contributed by atoms with Crippen LogP contribution in [-0.4, -0.2) is 22.0 Å². The van der Waals surface area contributed by atoms with Crippen molar-refractivity contribution in [1.29, 1.82) is 0 Å². The lowest BCUT2D eigenvalue weighted by Crippen LogP contribution is -2.34. The molecule has 2 aliphatic rings. The molecule has 0 saturated heterocycles. The molecule has 134 valence electrons. The third kappa shape index (κ3) is 2.92. The second-order valence-corrected chi connectivity index (χ2v) is 6.82. The second kappa shape index (κ2) is 6.44. The first-order valence-electron chi connectivity index (χ1n) is 8.72. The summed E-state index contributed by atoms with van der Waals surface area (Å²) in [6.45, 7) is 0.368. The maximum Gasteiger partial charge on any atom is 0.358 e. The van der Waals surface area contributed by atoms with Crippen molar-refractivity contribution in [2.75, 3.05) is 0 Å². The van der Waals surface area contributed by atoms with Crippen LogP contribution >= 0.6 is 0 Å². The van der Waals surface area contributed by atoms with Crippen molar-refractivity contribution < 1.29 is 24.2 Å². The molecule has 1 saturated carbocycles. The lowest BCUT2D eigenvalue weighted by atomic mass is 9.75. The van der Waals surface area contributed by atoms with Crippen molar-refractivity contribution in [3.63, 3.8) is 0 Å². The Balaban J connectivity index is 1.52. The summed E-state index contributed by atoms with van der Waals surface area (Å²) in [5.41, 5.74) is 1.31. The van der Waals surface area contributed by atoms with Crippen LogP contribution < -0.4 is 4.74 Å². The van der Waals surface area contributed by atoms with Crippen molar-refractivity contribution in [3.05, 3.63) is 59.3 Å². The summed E-state index contributed by atoms with van der Waals surface area (Å²) in [6.07, 6.45) is 2.01. The van der Waals surface area contributed by atoms with E-state index in [-0.39, 0.29) is 11.6 Å². The number of fused-ring (bicyclic) bond motifs is 2. The van der Waals surface area contributed by atoms with Crippen molar-refractivity contribution in [2.45, 2.75) is 37.9 Å². The highest BCUT2D eigenvalue weighted by Crippen LogP contribution is 2.48. The molecule has 1 fully saturated rings. The van der Waals surface area contributed by atoms with E-state index in [0.717, 1.165) is 11.1 Å². The van der Waals surface area contributed by atoms with Gasteiger partial charge in [0.2, 0.25) is 5.88 Å². The number of carboxylic acids is 1. The van der Waals surface area contributed by atoms with Crippen LogP contribution in [0.1, 0.15) is 47.3 Å². The highest BCUT2D eigenvalue weighted by molar-refractivity contribution is 5.93. The Kier molecular flexibility index (Phi) is 4.11. The molecular weight excluding hydrogens is 334 g/mol. The topological polar surface area (TPSA) is 85.7 Å². The second-order valence-electron chi connectivity index (χ2n) is 6.82. The van der Waals surface area contributed by atoms with E-state index >= 15 is 0 Å². The smallest absolute Gasteiger partial charge is 0.358 e. The van der Waals surface area contributed by atoms with Gasteiger partial charge in [-0.15, -0.1) is 0 Å². The van der Waals surface area contributed by atoms with Gasteiger partial charge in [-0.3, -0.25) is 4.79 Å². The third-order valence-corrected chi connectivity index (χ3v) is 5.21. The largest absolute Gasteiger partial charge is 0.481 e. The van der Waals surface area contributed by atoms with Crippen molar-refractivity contribution in [1.82, 2.24) is 4.98 Å². The van der Waals surface area contributed by atoms with Gasteiger partial charge in [-0.05, 0) is 37.3 Å². The Labute approximate surface area is 150 Å². The molecule has 1 N–H and O–H groups in total. The minimum absolute atomic E-state index is 0.282. The molecule has 0 bridgehead atoms. The van der Waals surface area contributed by atoms with E-state index in [2.05, 4.69) is 4.98 Å². The van der Waals surface area contributed by atoms with Gasteiger partial charge in [-0.25, -0.2) is 9.78 Å². The number of aliphatic carboxylic acids is 1. The van der Waals surface area contributed by atoms with E-state index < -0.39 is 17.5 Å². The molecule has 0 unspecified atom stereocenters. The predicted molar refractivity (Wildman–Crippen MR) is 91.7 cm³/mol. The predicted octanol–water partition coefficient (Wildman–Crippen LogP) is 3.30. The summed E-state index contributed by atoms with van der Waals surface area (Å²) >= 11 is 0. The molecule has 0 amide bonds. The molecule has 1 aromatic carbocycles. The first kappa shape index (κ1) is 16.6. The van der Waals surface area contributed by atoms with Crippen LogP contribution in [0.15, 0.2) is 42.5 Å². The highest BCUT2D eigenvalue weighted by atomic mass is 16.6. The Morgan fingerprint density at radius 1 is 1.19 bits per heavy atom. The minimum atomic E-state index is -0.785. The van der Waals surface area contributed by atoms with Gasteiger partial charge in [0, 0.05) is 11.6 Å². The fraction of sp³-hybridized carbons (Fsp3) is 0.350. The molecular formula is C20H19NO5. The lowest BCUT2D eigenvalue weighted by Gasteiger charge is -2.34. The zero-order valence-electron chi connectivity index (χ0n) is 14.2. The molecule has 1 aliphatic heterocycles. The van der Waals surface area contributed by atoms with Gasteiger partial charge in [-0.2, -0.15) is 0 Å². The van der Waals surface area contributed by atoms with E-state index in [9.17, 15) is 9.59 Å². The van der Waals surface area contributed by atoms with Crippen LogP contribution in [-0.2, 0) is 21.7 Å². The molecule has 2 heterocycles. The van der Waals surface area contributed by atoms with E-state index in [1.807, 2.05) is 36.4 Å². The Hall–Kier alpha value is -2.89. The number of carboxylic acid groups (broad SMARTS) is 1. The zero-order valence-corrected chi connectivity index (χ0v) is 14.2. The van der Waals surface area contributed by atoms with Gasteiger partial charge in [0.25, 0.3) is 0 Å². The van der Waals surface area contributed by atoms with Gasteiger partial charge in [0.1, 0.15) is 12.2 Å². The SMILES string of the molecule is O=C1OC2(CCC(C(=O)O)CC2)c2ccc(OCc3ccccc3)nc21. The van der Waals surface area contributed by atoms with Crippen LogP contribution in [0.25, 0.3) is 0 Å². The Morgan fingerprint density at radius 3 is 2.62 bits per heavy atom. The molecule has 0 atom stereocenters. The van der Waals surface area contributed by atoms with E-state index in [1.54, 1.807) is 6.07 Å². The number of benzene rings is 1. The summed E-state index contributed by atoms with van der Waals surface area (Å²) in [4.78, 5) is 27.8. The number of hydrogen-bond acceptors (Lipinski definition) is 5. The van der Waals surface area contributed by atoms with E-state index in [1.165, 1.54) is 0 Å². The van der Waals surface area contributed by atoms with Crippen LogP contribution in [0.3, 0.4) is 0 Å².